The highest BCUT2D eigenvalue weighted by molar-refractivity contribution is 5.70. The molecule has 1 fully saturated rings. The molecule has 2 unspecified atom stereocenters. The largest absolute Gasteiger partial charge is 0.466 e. The van der Waals surface area contributed by atoms with Crippen LogP contribution in [0.25, 0.3) is 0 Å². The first kappa shape index (κ1) is 17.5. The maximum absolute atomic E-state index is 11.3. The average Bonchev–Trinajstić information content (AvgIpc) is 3.15. The number of epoxide rings is 1. The Morgan fingerprint density at radius 3 is 2.10 bits per heavy atom. The molecule has 1 rings (SSSR count). The predicted molar refractivity (Wildman–Crippen MR) is 81.8 cm³/mol. The Morgan fingerprint density at radius 2 is 1.50 bits per heavy atom. The van der Waals surface area contributed by atoms with Crippen molar-refractivity contribution in [1.29, 1.82) is 0 Å². The molecule has 2 atom stereocenters. The summed E-state index contributed by atoms with van der Waals surface area (Å²) in [7, 11) is 0. The Labute approximate surface area is 124 Å². The van der Waals surface area contributed by atoms with Crippen LogP contribution in [0.3, 0.4) is 0 Å². The topological polar surface area (TPSA) is 38.8 Å². The van der Waals surface area contributed by atoms with Gasteiger partial charge in [-0.05, 0) is 13.3 Å². The van der Waals surface area contributed by atoms with E-state index in [4.69, 9.17) is 9.47 Å². The van der Waals surface area contributed by atoms with Gasteiger partial charge in [-0.2, -0.15) is 0 Å². The summed E-state index contributed by atoms with van der Waals surface area (Å²) in [5.74, 6) is -0.118. The lowest BCUT2D eigenvalue weighted by Crippen LogP contribution is -2.08. The van der Waals surface area contributed by atoms with Crippen LogP contribution in [-0.4, -0.2) is 24.8 Å². The van der Waals surface area contributed by atoms with Crippen molar-refractivity contribution < 1.29 is 14.3 Å². The summed E-state index contributed by atoms with van der Waals surface area (Å²) >= 11 is 0. The Balaban J connectivity index is 1.81. The van der Waals surface area contributed by atoms with Crippen molar-refractivity contribution in [2.45, 2.75) is 96.7 Å². The second-order valence-electron chi connectivity index (χ2n) is 5.84. The minimum atomic E-state index is -0.118. The summed E-state index contributed by atoms with van der Waals surface area (Å²) in [5, 5.41) is 0. The van der Waals surface area contributed by atoms with E-state index in [1.54, 1.807) is 0 Å². The molecule has 118 valence electrons. The molecule has 0 aromatic carbocycles. The fraction of sp³-hybridized carbons (Fsp3) is 0.941. The SMILES string of the molecule is CCCCCCCCCCCC1OC1CC(=O)OCC. The molecular weight excluding hydrogens is 252 g/mol. The highest BCUT2D eigenvalue weighted by atomic mass is 16.6. The van der Waals surface area contributed by atoms with Gasteiger partial charge in [0.25, 0.3) is 0 Å². The van der Waals surface area contributed by atoms with Crippen molar-refractivity contribution in [3.8, 4) is 0 Å². The van der Waals surface area contributed by atoms with Gasteiger partial charge in [0.05, 0.1) is 25.2 Å². The van der Waals surface area contributed by atoms with Gasteiger partial charge in [-0.3, -0.25) is 4.79 Å². The molecule has 0 aromatic heterocycles. The third kappa shape index (κ3) is 8.57. The van der Waals surface area contributed by atoms with Gasteiger partial charge in [0.15, 0.2) is 0 Å². The second kappa shape index (κ2) is 11.1. The van der Waals surface area contributed by atoms with E-state index in [-0.39, 0.29) is 12.1 Å². The fourth-order valence-electron chi connectivity index (χ4n) is 2.65. The van der Waals surface area contributed by atoms with E-state index in [1.165, 1.54) is 57.8 Å². The molecule has 0 amide bonds. The van der Waals surface area contributed by atoms with E-state index >= 15 is 0 Å². The molecular formula is C17H32O3. The highest BCUT2D eigenvalue weighted by Gasteiger charge is 2.39. The molecule has 1 heterocycles. The standard InChI is InChI=1S/C17H32O3/c1-3-5-6-7-8-9-10-11-12-13-15-16(20-15)14-17(18)19-4-2/h15-16H,3-14H2,1-2H3. The number of esters is 1. The Morgan fingerprint density at radius 1 is 0.900 bits per heavy atom. The molecule has 3 nitrogen and oxygen atoms in total. The average molecular weight is 284 g/mol. The van der Waals surface area contributed by atoms with Crippen molar-refractivity contribution in [2.24, 2.45) is 0 Å². The second-order valence-corrected chi connectivity index (χ2v) is 5.84. The number of carbonyl (C=O) groups is 1. The maximum Gasteiger partial charge on any atom is 0.308 e. The van der Waals surface area contributed by atoms with Gasteiger partial charge in [0.1, 0.15) is 0 Å². The van der Waals surface area contributed by atoms with E-state index in [0.29, 0.717) is 19.1 Å². The third-order valence-electron chi connectivity index (χ3n) is 3.95. The van der Waals surface area contributed by atoms with Crippen LogP contribution >= 0.6 is 0 Å². The van der Waals surface area contributed by atoms with Crippen LogP contribution < -0.4 is 0 Å². The van der Waals surface area contributed by atoms with E-state index in [9.17, 15) is 4.79 Å². The molecule has 0 aliphatic carbocycles. The number of hydrogen-bond donors (Lipinski definition) is 0. The molecule has 0 aromatic rings. The summed E-state index contributed by atoms with van der Waals surface area (Å²) in [4.78, 5) is 11.3. The number of hydrogen-bond acceptors (Lipinski definition) is 3. The zero-order valence-corrected chi connectivity index (χ0v) is 13.4. The van der Waals surface area contributed by atoms with E-state index in [1.807, 2.05) is 6.92 Å². The lowest BCUT2D eigenvalue weighted by molar-refractivity contribution is -0.143. The molecule has 0 N–H and O–H groups in total. The highest BCUT2D eigenvalue weighted by Crippen LogP contribution is 2.30. The van der Waals surface area contributed by atoms with Crippen molar-refractivity contribution >= 4 is 5.97 Å². The zero-order chi connectivity index (χ0) is 14.6. The first-order valence-corrected chi connectivity index (χ1v) is 8.59. The Kier molecular flexibility index (Phi) is 9.73. The molecule has 0 radical (unpaired) electrons. The van der Waals surface area contributed by atoms with Gasteiger partial charge in [-0.25, -0.2) is 0 Å². The van der Waals surface area contributed by atoms with Gasteiger partial charge < -0.3 is 9.47 Å². The summed E-state index contributed by atoms with van der Waals surface area (Å²) in [6.45, 7) is 4.56. The molecule has 3 heteroatoms. The van der Waals surface area contributed by atoms with Gasteiger partial charge >= 0.3 is 5.97 Å². The minimum Gasteiger partial charge on any atom is -0.466 e. The number of rotatable bonds is 13. The van der Waals surface area contributed by atoms with Gasteiger partial charge in [0.2, 0.25) is 0 Å². The molecule has 0 saturated carbocycles. The van der Waals surface area contributed by atoms with Crippen LogP contribution in [0.15, 0.2) is 0 Å². The summed E-state index contributed by atoms with van der Waals surface area (Å²) < 4.78 is 10.4. The van der Waals surface area contributed by atoms with Crippen molar-refractivity contribution in [3.05, 3.63) is 0 Å². The van der Waals surface area contributed by atoms with Crippen LogP contribution in [0.2, 0.25) is 0 Å². The molecule has 1 aliphatic rings. The van der Waals surface area contributed by atoms with Crippen molar-refractivity contribution in [1.82, 2.24) is 0 Å². The Bertz CT molecular complexity index is 253. The van der Waals surface area contributed by atoms with Crippen LogP contribution in [0, 0.1) is 0 Å². The summed E-state index contributed by atoms with van der Waals surface area (Å²) in [5.41, 5.74) is 0. The number of ether oxygens (including phenoxy) is 2. The fourth-order valence-corrected chi connectivity index (χ4v) is 2.65. The molecule has 1 saturated heterocycles. The van der Waals surface area contributed by atoms with Crippen molar-refractivity contribution in [3.63, 3.8) is 0 Å². The molecule has 1 aliphatic heterocycles. The third-order valence-corrected chi connectivity index (χ3v) is 3.95. The predicted octanol–water partition coefficient (Wildman–Crippen LogP) is 4.63. The van der Waals surface area contributed by atoms with E-state index in [0.717, 1.165) is 6.42 Å². The first-order chi connectivity index (χ1) is 9.77. The van der Waals surface area contributed by atoms with Gasteiger partial charge in [-0.1, -0.05) is 64.7 Å². The lowest BCUT2D eigenvalue weighted by atomic mass is 10.0. The van der Waals surface area contributed by atoms with E-state index < -0.39 is 0 Å². The molecule has 0 bridgehead atoms. The van der Waals surface area contributed by atoms with Crippen LogP contribution in [0.5, 0.6) is 0 Å². The smallest absolute Gasteiger partial charge is 0.308 e. The van der Waals surface area contributed by atoms with Crippen LogP contribution in [0.4, 0.5) is 0 Å². The van der Waals surface area contributed by atoms with Crippen LogP contribution in [0.1, 0.15) is 84.5 Å². The van der Waals surface area contributed by atoms with E-state index in [2.05, 4.69) is 6.92 Å². The van der Waals surface area contributed by atoms with Crippen molar-refractivity contribution in [2.75, 3.05) is 6.61 Å². The summed E-state index contributed by atoms with van der Waals surface area (Å²) in [6, 6.07) is 0. The van der Waals surface area contributed by atoms with Gasteiger partial charge in [-0.15, -0.1) is 0 Å². The minimum absolute atomic E-state index is 0.118. The Hall–Kier alpha value is -0.570. The number of unbranched alkanes of at least 4 members (excludes halogenated alkanes) is 8. The monoisotopic (exact) mass is 284 g/mol. The zero-order valence-electron chi connectivity index (χ0n) is 13.4. The quantitative estimate of drug-likeness (QED) is 0.281. The summed E-state index contributed by atoms with van der Waals surface area (Å²) in [6.07, 6.45) is 14.2. The maximum atomic E-state index is 11.3. The lowest BCUT2D eigenvalue weighted by Gasteiger charge is -2.01. The first-order valence-electron chi connectivity index (χ1n) is 8.59. The molecule has 20 heavy (non-hydrogen) atoms. The molecule has 0 spiro atoms. The van der Waals surface area contributed by atoms with Crippen LogP contribution in [-0.2, 0) is 14.3 Å². The normalized spacial score (nSPS) is 20.9. The number of carbonyl (C=O) groups excluding carboxylic acids is 1. The van der Waals surface area contributed by atoms with Gasteiger partial charge in [0, 0.05) is 0 Å².